The second kappa shape index (κ2) is 10.9. The number of nitrogens with zero attached hydrogens (tertiary/aromatic N) is 3. The van der Waals surface area contributed by atoms with Gasteiger partial charge in [0.1, 0.15) is 5.75 Å². The smallest absolute Gasteiger partial charge is 0.254 e. The van der Waals surface area contributed by atoms with Crippen molar-refractivity contribution in [1.82, 2.24) is 15.1 Å². The van der Waals surface area contributed by atoms with Crippen molar-refractivity contribution in [3.8, 4) is 5.75 Å². The second-order valence-electron chi connectivity index (χ2n) is 9.93. The molecule has 0 spiro atoms. The molecule has 3 aliphatic rings. The highest BCUT2D eigenvalue weighted by Crippen LogP contribution is 2.37. The van der Waals surface area contributed by atoms with Crippen LogP contribution in [0.25, 0.3) is 0 Å². The van der Waals surface area contributed by atoms with E-state index in [0.29, 0.717) is 37.4 Å². The van der Waals surface area contributed by atoms with E-state index in [1.54, 1.807) is 36.3 Å². The van der Waals surface area contributed by atoms with E-state index >= 15 is 0 Å². The SMILES string of the molecule is COc1ccc(N2CCN(C)CC2)c2c1CC[C@@H](NC(=O)c1ccc(C(=O)N3CCOCC3)cc1)C2. The molecule has 1 N–H and O–H groups in total. The fraction of sp³-hybridized carbons (Fsp3) is 0.500. The van der Waals surface area contributed by atoms with Crippen molar-refractivity contribution in [3.05, 3.63) is 58.7 Å². The molecule has 0 bridgehead atoms. The maximum atomic E-state index is 13.1. The summed E-state index contributed by atoms with van der Waals surface area (Å²) < 4.78 is 11.0. The molecule has 0 unspecified atom stereocenters. The summed E-state index contributed by atoms with van der Waals surface area (Å²) in [5, 5.41) is 3.24. The molecule has 5 rings (SSSR count). The van der Waals surface area contributed by atoms with Gasteiger partial charge in [0.25, 0.3) is 11.8 Å². The predicted octanol–water partition coefficient (Wildman–Crippen LogP) is 2.21. The summed E-state index contributed by atoms with van der Waals surface area (Å²) in [4.78, 5) is 32.4. The highest BCUT2D eigenvalue weighted by Gasteiger charge is 2.28. The number of piperazine rings is 1. The maximum absolute atomic E-state index is 13.1. The molecule has 192 valence electrons. The first kappa shape index (κ1) is 24.6. The zero-order valence-corrected chi connectivity index (χ0v) is 21.3. The molecule has 8 nitrogen and oxygen atoms in total. The van der Waals surface area contributed by atoms with Gasteiger partial charge in [0.05, 0.1) is 20.3 Å². The number of rotatable bonds is 5. The van der Waals surface area contributed by atoms with Crippen LogP contribution in [0, 0.1) is 0 Å². The largest absolute Gasteiger partial charge is 0.496 e. The Balaban J connectivity index is 1.27. The molecule has 36 heavy (non-hydrogen) atoms. The number of hydrogen-bond acceptors (Lipinski definition) is 6. The van der Waals surface area contributed by atoms with Crippen molar-refractivity contribution in [2.75, 3.05) is 71.5 Å². The number of carbonyl (C=O) groups is 2. The van der Waals surface area contributed by atoms with E-state index in [9.17, 15) is 9.59 Å². The zero-order valence-electron chi connectivity index (χ0n) is 21.3. The van der Waals surface area contributed by atoms with Gasteiger partial charge in [0, 0.05) is 62.1 Å². The number of benzene rings is 2. The van der Waals surface area contributed by atoms with E-state index < -0.39 is 0 Å². The van der Waals surface area contributed by atoms with E-state index in [1.807, 2.05) is 0 Å². The van der Waals surface area contributed by atoms with Crippen LogP contribution in [-0.4, -0.2) is 94.3 Å². The van der Waals surface area contributed by atoms with E-state index in [1.165, 1.54) is 16.8 Å². The van der Waals surface area contributed by atoms with Crippen LogP contribution < -0.4 is 15.0 Å². The molecule has 2 aliphatic heterocycles. The number of hydrogen-bond donors (Lipinski definition) is 1. The summed E-state index contributed by atoms with van der Waals surface area (Å²) in [6.07, 6.45) is 2.53. The Hall–Kier alpha value is -3.10. The minimum atomic E-state index is -0.0992. The van der Waals surface area contributed by atoms with Crippen molar-refractivity contribution in [1.29, 1.82) is 0 Å². The van der Waals surface area contributed by atoms with Gasteiger partial charge >= 0.3 is 0 Å². The van der Waals surface area contributed by atoms with Gasteiger partial charge in [-0.1, -0.05) is 0 Å². The molecule has 2 fully saturated rings. The van der Waals surface area contributed by atoms with Crippen molar-refractivity contribution in [2.45, 2.75) is 25.3 Å². The molecule has 2 amide bonds. The van der Waals surface area contributed by atoms with Gasteiger partial charge in [0.2, 0.25) is 0 Å². The zero-order chi connectivity index (χ0) is 25.1. The lowest BCUT2D eigenvalue weighted by Gasteiger charge is -2.37. The third kappa shape index (κ3) is 5.20. The number of methoxy groups -OCH3 is 1. The Morgan fingerprint density at radius 1 is 0.917 bits per heavy atom. The van der Waals surface area contributed by atoms with Gasteiger partial charge in [0.15, 0.2) is 0 Å². The first-order valence-corrected chi connectivity index (χ1v) is 12.9. The monoisotopic (exact) mass is 492 g/mol. The normalized spacial score (nSPS) is 20.6. The molecule has 2 aromatic carbocycles. The highest BCUT2D eigenvalue weighted by atomic mass is 16.5. The van der Waals surface area contributed by atoms with Gasteiger partial charge in [-0.25, -0.2) is 0 Å². The van der Waals surface area contributed by atoms with Crippen LogP contribution >= 0.6 is 0 Å². The molecule has 2 saturated heterocycles. The lowest BCUT2D eigenvalue weighted by atomic mass is 9.85. The molecule has 0 aromatic heterocycles. The molecule has 8 heteroatoms. The summed E-state index contributed by atoms with van der Waals surface area (Å²) in [5.41, 5.74) is 5.00. The average Bonchev–Trinajstić information content (AvgIpc) is 2.93. The molecular weight excluding hydrogens is 456 g/mol. The highest BCUT2D eigenvalue weighted by molar-refractivity contribution is 5.98. The Bertz CT molecular complexity index is 1090. The topological polar surface area (TPSA) is 74.4 Å². The van der Waals surface area contributed by atoms with Crippen LogP contribution in [0.5, 0.6) is 5.75 Å². The third-order valence-corrected chi connectivity index (χ3v) is 7.65. The second-order valence-corrected chi connectivity index (χ2v) is 9.93. The molecule has 1 atom stereocenters. The first-order valence-electron chi connectivity index (χ1n) is 12.9. The molecular formula is C28H36N4O4. The summed E-state index contributed by atoms with van der Waals surface area (Å²) in [5.74, 6) is 0.825. The summed E-state index contributed by atoms with van der Waals surface area (Å²) in [6.45, 7) is 6.44. The summed E-state index contributed by atoms with van der Waals surface area (Å²) >= 11 is 0. The van der Waals surface area contributed by atoms with Crippen LogP contribution in [0.1, 0.15) is 38.3 Å². The van der Waals surface area contributed by atoms with Crippen LogP contribution in [0.3, 0.4) is 0 Å². The van der Waals surface area contributed by atoms with Crippen molar-refractivity contribution in [3.63, 3.8) is 0 Å². The van der Waals surface area contributed by atoms with E-state index in [4.69, 9.17) is 9.47 Å². The van der Waals surface area contributed by atoms with Crippen LogP contribution in [0.4, 0.5) is 5.69 Å². The summed E-state index contributed by atoms with van der Waals surface area (Å²) in [6, 6.07) is 11.3. The fourth-order valence-corrected chi connectivity index (χ4v) is 5.47. The maximum Gasteiger partial charge on any atom is 0.254 e. The molecule has 1 aliphatic carbocycles. The summed E-state index contributed by atoms with van der Waals surface area (Å²) in [7, 11) is 3.89. The van der Waals surface area contributed by atoms with Crippen molar-refractivity contribution < 1.29 is 19.1 Å². The van der Waals surface area contributed by atoms with Gasteiger partial charge in [-0.05, 0) is 73.8 Å². The fourth-order valence-electron chi connectivity index (χ4n) is 5.47. The minimum Gasteiger partial charge on any atom is -0.496 e. The van der Waals surface area contributed by atoms with Gasteiger partial charge in [-0.15, -0.1) is 0 Å². The number of nitrogens with one attached hydrogen (secondary N) is 1. The van der Waals surface area contributed by atoms with Crippen LogP contribution in [-0.2, 0) is 17.6 Å². The molecule has 2 heterocycles. The van der Waals surface area contributed by atoms with Gasteiger partial charge in [-0.2, -0.15) is 0 Å². The standard InChI is InChI=1S/C28H36N4O4/c1-30-11-13-31(14-12-30)25-9-10-26(35-2)23-8-7-22(19-24(23)25)29-27(33)20-3-5-21(6-4-20)28(34)32-15-17-36-18-16-32/h3-6,9-10,22H,7-8,11-19H2,1-2H3,(H,29,33)/t22-/m1/s1. The van der Waals surface area contributed by atoms with Crippen LogP contribution in [0.15, 0.2) is 36.4 Å². The number of ether oxygens (including phenoxy) is 2. The number of amides is 2. The van der Waals surface area contributed by atoms with Gasteiger partial charge in [-0.3, -0.25) is 9.59 Å². The Kier molecular flexibility index (Phi) is 7.43. The van der Waals surface area contributed by atoms with Crippen LogP contribution in [0.2, 0.25) is 0 Å². The number of anilines is 1. The average molecular weight is 493 g/mol. The van der Waals surface area contributed by atoms with E-state index in [0.717, 1.165) is 51.2 Å². The minimum absolute atomic E-state index is 0.0143. The Morgan fingerprint density at radius 2 is 1.61 bits per heavy atom. The van der Waals surface area contributed by atoms with E-state index in [-0.39, 0.29) is 17.9 Å². The Morgan fingerprint density at radius 3 is 2.31 bits per heavy atom. The lowest BCUT2D eigenvalue weighted by Crippen LogP contribution is -2.45. The molecule has 0 radical (unpaired) electrons. The van der Waals surface area contributed by atoms with Crippen molar-refractivity contribution >= 4 is 17.5 Å². The predicted molar refractivity (Wildman–Crippen MR) is 139 cm³/mol. The number of likely N-dealkylation sites (N-methyl/N-ethyl adjacent to an activating group) is 1. The number of fused-ring (bicyclic) bond motifs is 1. The van der Waals surface area contributed by atoms with Gasteiger partial charge < -0.3 is 29.5 Å². The molecule has 0 saturated carbocycles. The quantitative estimate of drug-likeness (QED) is 0.690. The number of morpholine rings is 1. The Labute approximate surface area is 213 Å². The molecule has 2 aromatic rings. The first-order chi connectivity index (χ1) is 17.5. The number of carbonyl (C=O) groups excluding carboxylic acids is 2. The van der Waals surface area contributed by atoms with E-state index in [2.05, 4.69) is 34.3 Å². The lowest BCUT2D eigenvalue weighted by molar-refractivity contribution is 0.0303. The third-order valence-electron chi connectivity index (χ3n) is 7.65. The van der Waals surface area contributed by atoms with Crippen molar-refractivity contribution in [2.24, 2.45) is 0 Å².